The molecule has 0 atom stereocenters. The molecule has 0 saturated heterocycles. The minimum Gasteiger partial charge on any atom is -0.325 e. The molecule has 0 bridgehead atoms. The van der Waals surface area contributed by atoms with Crippen molar-refractivity contribution in [2.24, 2.45) is 11.7 Å². The highest BCUT2D eigenvalue weighted by Crippen LogP contribution is 2.30. The lowest BCUT2D eigenvalue weighted by molar-refractivity contribution is 0.0934. The van der Waals surface area contributed by atoms with Crippen molar-refractivity contribution in [2.75, 3.05) is 0 Å². The van der Waals surface area contributed by atoms with E-state index >= 15 is 0 Å². The van der Waals surface area contributed by atoms with E-state index in [9.17, 15) is 4.79 Å². The van der Waals surface area contributed by atoms with Gasteiger partial charge in [0.25, 0.3) is 0 Å². The fourth-order valence-corrected chi connectivity index (χ4v) is 3.20. The van der Waals surface area contributed by atoms with Crippen molar-refractivity contribution in [3.63, 3.8) is 0 Å². The van der Waals surface area contributed by atoms with Gasteiger partial charge in [0.05, 0.1) is 0 Å². The van der Waals surface area contributed by atoms with Gasteiger partial charge in [0.15, 0.2) is 5.78 Å². The Labute approximate surface area is 122 Å². The largest absolute Gasteiger partial charge is 0.325 e. The Kier molecular flexibility index (Phi) is 4.98. The van der Waals surface area contributed by atoms with Gasteiger partial charge in [0.2, 0.25) is 0 Å². The van der Waals surface area contributed by atoms with Gasteiger partial charge < -0.3 is 5.73 Å². The summed E-state index contributed by atoms with van der Waals surface area (Å²) in [6.07, 6.45) is 7.09. The molecule has 2 nitrogen and oxygen atoms in total. The first-order valence-electron chi connectivity index (χ1n) is 7.89. The summed E-state index contributed by atoms with van der Waals surface area (Å²) in [5, 5.41) is 0. The Balaban J connectivity index is 2.05. The third-order valence-electron chi connectivity index (χ3n) is 4.25. The summed E-state index contributed by atoms with van der Waals surface area (Å²) >= 11 is 0. The second-order valence-electron chi connectivity index (χ2n) is 6.82. The van der Waals surface area contributed by atoms with Crippen LogP contribution in [0.1, 0.15) is 68.3 Å². The van der Waals surface area contributed by atoms with E-state index in [4.69, 9.17) is 5.73 Å². The zero-order valence-electron chi connectivity index (χ0n) is 12.8. The Morgan fingerprint density at radius 3 is 2.60 bits per heavy atom. The number of hydrogen-bond acceptors (Lipinski definition) is 2. The van der Waals surface area contributed by atoms with Crippen molar-refractivity contribution in [3.05, 3.63) is 35.4 Å². The van der Waals surface area contributed by atoms with E-state index in [2.05, 4.69) is 26.0 Å². The molecule has 0 aliphatic heterocycles. The van der Waals surface area contributed by atoms with Crippen molar-refractivity contribution in [2.45, 2.75) is 64.3 Å². The highest BCUT2D eigenvalue weighted by atomic mass is 16.1. The minimum absolute atomic E-state index is 0.208. The molecule has 1 aliphatic carbocycles. The van der Waals surface area contributed by atoms with Crippen LogP contribution in [0.25, 0.3) is 0 Å². The predicted molar refractivity (Wildman–Crippen MR) is 83.9 cm³/mol. The van der Waals surface area contributed by atoms with Gasteiger partial charge in [-0.15, -0.1) is 0 Å². The van der Waals surface area contributed by atoms with Crippen LogP contribution in [0.5, 0.6) is 0 Å². The minimum atomic E-state index is -0.261. The van der Waals surface area contributed by atoms with E-state index in [1.54, 1.807) is 0 Å². The maximum absolute atomic E-state index is 12.5. The molecule has 1 fully saturated rings. The number of ketones is 1. The molecule has 2 N–H and O–H groups in total. The van der Waals surface area contributed by atoms with Crippen LogP contribution in [0.4, 0.5) is 0 Å². The van der Waals surface area contributed by atoms with E-state index in [1.165, 1.54) is 12.0 Å². The fraction of sp³-hybridized carbons (Fsp3) is 0.611. The number of hydrogen-bond donors (Lipinski definition) is 1. The predicted octanol–water partition coefficient (Wildman–Crippen LogP) is 4.12. The second kappa shape index (κ2) is 6.53. The molecule has 20 heavy (non-hydrogen) atoms. The first-order valence-corrected chi connectivity index (χ1v) is 7.89. The molecule has 1 saturated carbocycles. The van der Waals surface area contributed by atoms with Gasteiger partial charge in [0.1, 0.15) is 0 Å². The summed E-state index contributed by atoms with van der Waals surface area (Å²) in [4.78, 5) is 12.5. The number of carbonyl (C=O) groups is 1. The molecule has 1 aromatic carbocycles. The topological polar surface area (TPSA) is 43.1 Å². The maximum Gasteiger partial charge on any atom is 0.164 e. The zero-order valence-corrected chi connectivity index (χ0v) is 12.8. The zero-order chi connectivity index (χ0) is 14.6. The van der Waals surface area contributed by atoms with Gasteiger partial charge >= 0.3 is 0 Å². The van der Waals surface area contributed by atoms with Crippen LogP contribution in [-0.4, -0.2) is 11.3 Å². The average Bonchev–Trinajstić information content (AvgIpc) is 2.38. The van der Waals surface area contributed by atoms with Crippen molar-refractivity contribution >= 4 is 5.78 Å². The van der Waals surface area contributed by atoms with Crippen LogP contribution < -0.4 is 5.73 Å². The standard InChI is InChI=1S/C18H27NO/c1-14(2)11-15-7-6-8-16(12-15)17(20)13-18(19)9-4-3-5-10-18/h6-8,12,14H,3-5,9-11,13,19H2,1-2H3. The first-order chi connectivity index (χ1) is 9.48. The summed E-state index contributed by atoms with van der Waals surface area (Å²) in [6, 6.07) is 8.08. The summed E-state index contributed by atoms with van der Waals surface area (Å²) in [5.41, 5.74) is 8.22. The van der Waals surface area contributed by atoms with E-state index in [0.29, 0.717) is 12.3 Å². The Morgan fingerprint density at radius 1 is 1.25 bits per heavy atom. The van der Waals surface area contributed by atoms with Gasteiger partial charge in [-0.2, -0.15) is 0 Å². The number of rotatable bonds is 5. The van der Waals surface area contributed by atoms with Crippen molar-refractivity contribution in [1.82, 2.24) is 0 Å². The van der Waals surface area contributed by atoms with Crippen LogP contribution in [0.3, 0.4) is 0 Å². The van der Waals surface area contributed by atoms with Crippen molar-refractivity contribution in [1.29, 1.82) is 0 Å². The van der Waals surface area contributed by atoms with Gasteiger partial charge in [0, 0.05) is 17.5 Å². The summed E-state index contributed by atoms with van der Waals surface area (Å²) < 4.78 is 0. The molecular weight excluding hydrogens is 246 g/mol. The number of benzene rings is 1. The van der Waals surface area contributed by atoms with Crippen molar-refractivity contribution < 1.29 is 4.79 Å². The van der Waals surface area contributed by atoms with Crippen LogP contribution in [0.15, 0.2) is 24.3 Å². The summed E-state index contributed by atoms with van der Waals surface area (Å²) in [5.74, 6) is 0.819. The SMILES string of the molecule is CC(C)Cc1cccc(C(=O)CC2(N)CCCCC2)c1. The molecule has 0 aromatic heterocycles. The number of carbonyl (C=O) groups excluding carboxylic acids is 1. The molecule has 1 aliphatic rings. The molecular formula is C18H27NO. The highest BCUT2D eigenvalue weighted by molar-refractivity contribution is 5.97. The van der Waals surface area contributed by atoms with E-state index in [1.807, 2.05) is 12.1 Å². The summed E-state index contributed by atoms with van der Waals surface area (Å²) in [6.45, 7) is 4.40. The average molecular weight is 273 g/mol. The number of nitrogens with two attached hydrogens (primary N) is 1. The highest BCUT2D eigenvalue weighted by Gasteiger charge is 2.30. The summed E-state index contributed by atoms with van der Waals surface area (Å²) in [7, 11) is 0. The van der Waals surface area contributed by atoms with Crippen LogP contribution >= 0.6 is 0 Å². The Bertz CT molecular complexity index is 458. The fourth-order valence-electron chi connectivity index (χ4n) is 3.20. The lowest BCUT2D eigenvalue weighted by Gasteiger charge is -2.32. The molecule has 2 heteroatoms. The number of Topliss-reactive ketones (excluding diaryl/α,β-unsaturated/α-hetero) is 1. The van der Waals surface area contributed by atoms with Crippen LogP contribution in [0.2, 0.25) is 0 Å². The second-order valence-corrected chi connectivity index (χ2v) is 6.82. The van der Waals surface area contributed by atoms with Crippen LogP contribution in [-0.2, 0) is 6.42 Å². The van der Waals surface area contributed by atoms with Gasteiger partial charge in [-0.3, -0.25) is 4.79 Å². The van der Waals surface area contributed by atoms with Gasteiger partial charge in [-0.1, -0.05) is 51.3 Å². The lowest BCUT2D eigenvalue weighted by atomic mass is 9.78. The molecule has 1 aromatic rings. The van der Waals surface area contributed by atoms with Crippen LogP contribution in [0, 0.1) is 5.92 Å². The van der Waals surface area contributed by atoms with Crippen molar-refractivity contribution in [3.8, 4) is 0 Å². The Morgan fingerprint density at radius 2 is 1.95 bits per heavy atom. The van der Waals surface area contributed by atoms with Gasteiger partial charge in [-0.25, -0.2) is 0 Å². The molecule has 0 amide bonds. The van der Waals surface area contributed by atoms with E-state index < -0.39 is 0 Å². The molecule has 0 heterocycles. The Hall–Kier alpha value is -1.15. The lowest BCUT2D eigenvalue weighted by Crippen LogP contribution is -2.43. The smallest absolute Gasteiger partial charge is 0.164 e. The molecule has 0 unspecified atom stereocenters. The van der Waals surface area contributed by atoms with E-state index in [-0.39, 0.29) is 11.3 Å². The van der Waals surface area contributed by atoms with E-state index in [0.717, 1.165) is 37.7 Å². The third kappa shape index (κ3) is 4.17. The quantitative estimate of drug-likeness (QED) is 0.820. The maximum atomic E-state index is 12.5. The molecule has 2 rings (SSSR count). The molecule has 0 radical (unpaired) electrons. The molecule has 0 spiro atoms. The third-order valence-corrected chi connectivity index (χ3v) is 4.25. The van der Waals surface area contributed by atoms with Gasteiger partial charge in [-0.05, 0) is 36.8 Å². The first kappa shape index (κ1) is 15.2. The normalized spacial score (nSPS) is 18.2. The molecule has 110 valence electrons. The monoisotopic (exact) mass is 273 g/mol.